The first-order valence-electron chi connectivity index (χ1n) is 5.42. The van der Waals surface area contributed by atoms with E-state index in [1.54, 1.807) is 0 Å². The summed E-state index contributed by atoms with van der Waals surface area (Å²) >= 11 is 0. The van der Waals surface area contributed by atoms with Crippen LogP contribution < -0.4 is 12.4 Å². The summed E-state index contributed by atoms with van der Waals surface area (Å²) in [6.45, 7) is 3.72. The highest BCUT2D eigenvalue weighted by Gasteiger charge is 2.15. The highest BCUT2D eigenvalue weighted by Crippen LogP contribution is 2.35. The summed E-state index contributed by atoms with van der Waals surface area (Å²) in [6.07, 6.45) is 1.05. The average molecular weight is 336 g/mol. The van der Waals surface area contributed by atoms with Crippen molar-refractivity contribution in [1.82, 2.24) is 0 Å². The standard InChI is InChI=1S/C5H14NO4P.C5H8O3.ClH/c1-6(2,3)4-5-10-11(7,8)9;1-2-5(7)8-4-3-6;/h4-5H2,1-3H3,(H-,7,8,9);2,6H,1,3-4H2;1H. The van der Waals surface area contributed by atoms with Gasteiger partial charge >= 0.3 is 13.8 Å². The lowest BCUT2D eigenvalue weighted by Gasteiger charge is -2.23. The third-order valence-electron chi connectivity index (χ3n) is 1.52. The molecule has 0 radical (unpaired) electrons. The Labute approximate surface area is 125 Å². The van der Waals surface area contributed by atoms with Gasteiger partial charge in [0.2, 0.25) is 0 Å². The van der Waals surface area contributed by atoms with Crippen molar-refractivity contribution in [3.63, 3.8) is 0 Å². The fourth-order valence-electron chi connectivity index (χ4n) is 0.639. The first-order chi connectivity index (χ1) is 8.52. The minimum absolute atomic E-state index is 0. The Morgan fingerprint density at radius 1 is 1.30 bits per heavy atom. The van der Waals surface area contributed by atoms with Crippen LogP contribution in [0.25, 0.3) is 0 Å². The molecule has 0 unspecified atom stereocenters. The van der Waals surface area contributed by atoms with Gasteiger partial charge in [-0.1, -0.05) is 6.58 Å². The van der Waals surface area contributed by atoms with E-state index in [2.05, 4.69) is 15.8 Å². The van der Waals surface area contributed by atoms with Gasteiger partial charge in [-0.05, 0) is 0 Å². The van der Waals surface area contributed by atoms with E-state index in [1.807, 2.05) is 21.1 Å². The van der Waals surface area contributed by atoms with Gasteiger partial charge in [-0.25, -0.2) is 9.36 Å². The number of quaternary nitrogens is 1. The molecule has 0 amide bonds. The molecular weight excluding hydrogens is 313 g/mol. The predicted octanol–water partition coefficient (Wildman–Crippen LogP) is -3.49. The molecule has 0 spiro atoms. The number of carbonyl (C=O) groups is 1. The topological polar surface area (TPSA) is 113 Å². The minimum atomic E-state index is -4.26. The zero-order chi connectivity index (χ0) is 15.5. The van der Waals surface area contributed by atoms with Crippen molar-refractivity contribution in [3.05, 3.63) is 12.7 Å². The maximum atomic E-state index is 10.2. The molecule has 0 aromatic carbocycles. The smallest absolute Gasteiger partial charge is 0.469 e. The van der Waals surface area contributed by atoms with Crippen LogP contribution in [-0.2, 0) is 18.6 Å². The predicted molar refractivity (Wildman–Crippen MR) is 69.1 cm³/mol. The molecule has 0 saturated carbocycles. The summed E-state index contributed by atoms with van der Waals surface area (Å²) < 4.78 is 19.4. The molecule has 20 heavy (non-hydrogen) atoms. The Morgan fingerprint density at radius 2 is 1.80 bits per heavy atom. The van der Waals surface area contributed by atoms with Gasteiger partial charge < -0.3 is 36.5 Å². The normalized spacial score (nSPS) is 10.7. The van der Waals surface area contributed by atoms with Crippen molar-refractivity contribution in [2.75, 3.05) is 47.5 Å². The summed E-state index contributed by atoms with van der Waals surface area (Å²) in [4.78, 5) is 26.7. The third-order valence-corrected chi connectivity index (χ3v) is 2.04. The molecule has 0 aromatic rings. The number of ether oxygens (including phenoxy) is 1. The molecule has 0 aliphatic heterocycles. The number of esters is 1. The molecule has 0 fully saturated rings. The fraction of sp³-hybridized carbons (Fsp3) is 0.700. The maximum Gasteiger partial charge on any atom is 0.469 e. The van der Waals surface area contributed by atoms with Crippen molar-refractivity contribution in [3.8, 4) is 0 Å². The molecule has 0 rings (SSSR count). The number of hydrogen-bond acceptors (Lipinski definition) is 5. The van der Waals surface area contributed by atoms with Crippen LogP contribution >= 0.6 is 7.82 Å². The lowest BCUT2D eigenvalue weighted by molar-refractivity contribution is -0.870. The highest BCUT2D eigenvalue weighted by atomic mass is 35.5. The second-order valence-corrected chi connectivity index (χ2v) is 5.67. The summed E-state index contributed by atoms with van der Waals surface area (Å²) in [5.74, 6) is -0.501. The number of aliphatic hydroxyl groups is 1. The van der Waals surface area contributed by atoms with Gasteiger partial charge in [0.1, 0.15) is 19.8 Å². The average Bonchev–Trinajstić information content (AvgIpc) is 2.23. The summed E-state index contributed by atoms with van der Waals surface area (Å²) in [6, 6.07) is 0. The molecule has 0 bridgehead atoms. The van der Waals surface area contributed by atoms with Crippen molar-refractivity contribution >= 4 is 13.8 Å². The van der Waals surface area contributed by atoms with E-state index in [9.17, 15) is 9.36 Å². The quantitative estimate of drug-likeness (QED) is 0.192. The second kappa shape index (κ2) is 12.3. The van der Waals surface area contributed by atoms with E-state index in [-0.39, 0.29) is 32.2 Å². The summed E-state index contributed by atoms with van der Waals surface area (Å²) in [5, 5.41) is 8.10. The number of likely N-dealkylation sites (N-methyl/N-ethyl adjacent to an activating group) is 1. The summed E-state index contributed by atoms with van der Waals surface area (Å²) in [5.41, 5.74) is 0. The highest BCUT2D eigenvalue weighted by molar-refractivity contribution is 7.46. The van der Waals surface area contributed by atoms with Crippen molar-refractivity contribution in [2.24, 2.45) is 0 Å². The molecule has 0 heterocycles. The number of carbonyl (C=O) groups excluding carboxylic acids is 1. The van der Waals surface area contributed by atoms with E-state index in [0.717, 1.165) is 6.08 Å². The molecule has 0 aromatic heterocycles. The molecule has 0 atom stereocenters. The Hall–Kier alpha value is -0.470. The fourth-order valence-corrected chi connectivity index (χ4v) is 0.958. The number of rotatable bonds is 7. The minimum Gasteiger partial charge on any atom is -1.00 e. The van der Waals surface area contributed by atoms with Gasteiger partial charge in [0, 0.05) is 6.08 Å². The van der Waals surface area contributed by atoms with Gasteiger partial charge in [0.25, 0.3) is 0 Å². The zero-order valence-electron chi connectivity index (χ0n) is 11.9. The van der Waals surface area contributed by atoms with Crippen LogP contribution in [0, 0.1) is 0 Å². The van der Waals surface area contributed by atoms with Crippen LogP contribution in [0.5, 0.6) is 0 Å². The molecule has 122 valence electrons. The molecule has 0 aliphatic carbocycles. The van der Waals surface area contributed by atoms with Crippen LogP contribution in [0.4, 0.5) is 0 Å². The SMILES string of the molecule is C=CC(=O)OCCO.C[N+](C)(C)CCOP(=O)(O)O.[Cl-]. The monoisotopic (exact) mass is 335 g/mol. The lowest BCUT2D eigenvalue weighted by Crippen LogP contribution is -3.00. The van der Waals surface area contributed by atoms with Crippen LogP contribution in [0.15, 0.2) is 12.7 Å². The first-order valence-corrected chi connectivity index (χ1v) is 6.95. The zero-order valence-corrected chi connectivity index (χ0v) is 13.5. The molecule has 8 nitrogen and oxygen atoms in total. The van der Waals surface area contributed by atoms with Gasteiger partial charge in [0.15, 0.2) is 0 Å². The van der Waals surface area contributed by atoms with Gasteiger partial charge in [-0.15, -0.1) is 0 Å². The van der Waals surface area contributed by atoms with E-state index in [4.69, 9.17) is 14.9 Å². The van der Waals surface area contributed by atoms with E-state index >= 15 is 0 Å². The molecular formula is C10H23ClNO7P. The second-order valence-electron chi connectivity index (χ2n) is 4.43. The molecule has 10 heteroatoms. The molecule has 0 aliphatic rings. The number of phosphoric acid groups is 1. The van der Waals surface area contributed by atoms with Gasteiger partial charge in [-0.3, -0.25) is 4.52 Å². The number of aliphatic hydroxyl groups excluding tert-OH is 1. The van der Waals surface area contributed by atoms with Crippen LogP contribution in [0.1, 0.15) is 0 Å². The van der Waals surface area contributed by atoms with E-state index in [1.165, 1.54) is 0 Å². The Bertz CT molecular complexity index is 313. The largest absolute Gasteiger partial charge is 1.00 e. The third kappa shape index (κ3) is 26.2. The van der Waals surface area contributed by atoms with Crippen molar-refractivity contribution in [2.45, 2.75) is 0 Å². The first kappa shape index (κ1) is 24.5. The number of phosphoric ester groups is 1. The molecule has 3 N–H and O–H groups in total. The van der Waals surface area contributed by atoms with Crippen LogP contribution in [0.2, 0.25) is 0 Å². The van der Waals surface area contributed by atoms with Gasteiger partial charge in [0.05, 0.1) is 27.7 Å². The number of halogens is 1. The van der Waals surface area contributed by atoms with E-state index < -0.39 is 13.8 Å². The Kier molecular flexibility index (Phi) is 15.1. The van der Waals surface area contributed by atoms with E-state index in [0.29, 0.717) is 11.0 Å². The van der Waals surface area contributed by atoms with Crippen LogP contribution in [-0.4, -0.2) is 72.9 Å². The number of hydrogen-bond donors (Lipinski definition) is 3. The lowest BCUT2D eigenvalue weighted by atomic mass is 10.5. The Balaban J connectivity index is -0.000000288. The van der Waals surface area contributed by atoms with Crippen molar-refractivity contribution in [1.29, 1.82) is 0 Å². The maximum absolute atomic E-state index is 10.2. The Morgan fingerprint density at radius 3 is 2.10 bits per heavy atom. The van der Waals surface area contributed by atoms with Gasteiger partial charge in [-0.2, -0.15) is 0 Å². The van der Waals surface area contributed by atoms with Crippen molar-refractivity contribution < 1.29 is 50.4 Å². The van der Waals surface area contributed by atoms with Crippen LogP contribution in [0.3, 0.4) is 0 Å². The summed E-state index contributed by atoms with van der Waals surface area (Å²) in [7, 11) is 1.50. The number of nitrogens with zero attached hydrogens (tertiary/aromatic N) is 1. The molecule has 0 saturated heterocycles.